The summed E-state index contributed by atoms with van der Waals surface area (Å²) in [5.74, 6) is 0.281. The molecule has 3 aromatic heterocycles. The molecular formula is C13H12N4O2S. The van der Waals surface area contributed by atoms with E-state index in [1.165, 1.54) is 0 Å². The van der Waals surface area contributed by atoms with Gasteiger partial charge in [0.15, 0.2) is 11.5 Å². The van der Waals surface area contributed by atoms with Crippen LogP contribution in [0, 0.1) is 13.8 Å². The summed E-state index contributed by atoms with van der Waals surface area (Å²) in [6.45, 7) is 3.52. The molecule has 0 saturated carbocycles. The van der Waals surface area contributed by atoms with Crippen molar-refractivity contribution in [1.82, 2.24) is 15.4 Å². The molecule has 0 bridgehead atoms. The third-order valence-corrected chi connectivity index (χ3v) is 3.77. The Morgan fingerprint density at radius 2 is 2.30 bits per heavy atom. The van der Waals surface area contributed by atoms with Gasteiger partial charge in [-0.3, -0.25) is 9.89 Å². The zero-order valence-electron chi connectivity index (χ0n) is 10.9. The molecular weight excluding hydrogens is 276 g/mol. The summed E-state index contributed by atoms with van der Waals surface area (Å²) in [6.07, 6.45) is 0. The van der Waals surface area contributed by atoms with Gasteiger partial charge in [-0.15, -0.1) is 11.3 Å². The highest BCUT2D eigenvalue weighted by atomic mass is 32.1. The zero-order valence-corrected chi connectivity index (χ0v) is 11.7. The van der Waals surface area contributed by atoms with Gasteiger partial charge in [-0.2, -0.15) is 5.10 Å². The van der Waals surface area contributed by atoms with E-state index < -0.39 is 0 Å². The number of aromatic amines is 1. The molecule has 0 aliphatic heterocycles. The highest BCUT2D eigenvalue weighted by Crippen LogP contribution is 2.24. The Morgan fingerprint density at radius 1 is 1.45 bits per heavy atom. The lowest BCUT2D eigenvalue weighted by Gasteiger charge is -2.00. The van der Waals surface area contributed by atoms with E-state index in [1.807, 2.05) is 17.5 Å². The van der Waals surface area contributed by atoms with E-state index in [0.717, 1.165) is 10.6 Å². The molecule has 0 fully saturated rings. The number of nitrogens with one attached hydrogen (secondary N) is 2. The maximum Gasteiger partial charge on any atom is 0.276 e. The van der Waals surface area contributed by atoms with Gasteiger partial charge < -0.3 is 9.84 Å². The van der Waals surface area contributed by atoms with E-state index in [-0.39, 0.29) is 5.91 Å². The number of hydrogen-bond acceptors (Lipinski definition) is 5. The first-order chi connectivity index (χ1) is 9.65. The highest BCUT2D eigenvalue weighted by molar-refractivity contribution is 7.13. The molecule has 0 spiro atoms. The molecule has 0 saturated heterocycles. The van der Waals surface area contributed by atoms with Crippen LogP contribution < -0.4 is 5.32 Å². The number of aromatic nitrogens is 3. The third kappa shape index (κ3) is 2.23. The van der Waals surface area contributed by atoms with Gasteiger partial charge >= 0.3 is 0 Å². The Kier molecular flexibility index (Phi) is 3.11. The summed E-state index contributed by atoms with van der Waals surface area (Å²) in [5, 5.41) is 15.4. The van der Waals surface area contributed by atoms with Crippen molar-refractivity contribution in [2.75, 3.05) is 5.32 Å². The number of aryl methyl sites for hydroxylation is 2. The van der Waals surface area contributed by atoms with Crippen molar-refractivity contribution in [3.63, 3.8) is 0 Å². The summed E-state index contributed by atoms with van der Waals surface area (Å²) >= 11 is 1.58. The fourth-order valence-corrected chi connectivity index (χ4v) is 2.53. The Balaban J connectivity index is 1.82. The minimum absolute atomic E-state index is 0.293. The lowest BCUT2D eigenvalue weighted by atomic mass is 10.3. The Hall–Kier alpha value is -2.41. The normalized spacial score (nSPS) is 10.7. The minimum atomic E-state index is -0.293. The highest BCUT2D eigenvalue weighted by Gasteiger charge is 2.16. The van der Waals surface area contributed by atoms with Crippen LogP contribution in [0.15, 0.2) is 28.1 Å². The molecule has 102 valence electrons. The van der Waals surface area contributed by atoms with Crippen molar-refractivity contribution in [3.8, 4) is 10.6 Å². The maximum absolute atomic E-state index is 12.1. The number of hydrogen-bond donors (Lipinski definition) is 2. The smallest absolute Gasteiger partial charge is 0.276 e. The molecule has 0 atom stereocenters. The van der Waals surface area contributed by atoms with E-state index in [2.05, 4.69) is 20.7 Å². The Bertz CT molecular complexity index is 723. The minimum Gasteiger partial charge on any atom is -0.359 e. The molecule has 1 amide bonds. The molecule has 20 heavy (non-hydrogen) atoms. The number of carbonyl (C=O) groups is 1. The van der Waals surface area contributed by atoms with Crippen LogP contribution in [0.3, 0.4) is 0 Å². The fraction of sp³-hybridized carbons (Fsp3) is 0.154. The molecule has 2 N–H and O–H groups in total. The van der Waals surface area contributed by atoms with Crippen LogP contribution in [0.25, 0.3) is 10.6 Å². The van der Waals surface area contributed by atoms with Crippen LogP contribution in [0.2, 0.25) is 0 Å². The Labute approximate surface area is 118 Å². The average molecular weight is 288 g/mol. The van der Waals surface area contributed by atoms with Gasteiger partial charge in [-0.1, -0.05) is 11.2 Å². The van der Waals surface area contributed by atoms with Gasteiger partial charge in [0, 0.05) is 0 Å². The van der Waals surface area contributed by atoms with E-state index in [4.69, 9.17) is 4.52 Å². The Morgan fingerprint density at radius 3 is 2.95 bits per heavy atom. The van der Waals surface area contributed by atoms with E-state index in [9.17, 15) is 4.79 Å². The van der Waals surface area contributed by atoms with Gasteiger partial charge in [0.25, 0.3) is 5.91 Å². The quantitative estimate of drug-likeness (QED) is 0.776. The fourth-order valence-electron chi connectivity index (χ4n) is 1.84. The van der Waals surface area contributed by atoms with Crippen molar-refractivity contribution in [3.05, 3.63) is 40.7 Å². The van der Waals surface area contributed by atoms with Crippen LogP contribution >= 0.6 is 11.3 Å². The third-order valence-electron chi connectivity index (χ3n) is 2.87. The number of H-pyrrole nitrogens is 1. The second-order valence-electron chi connectivity index (χ2n) is 4.30. The number of thiophene rings is 1. The predicted octanol–water partition coefficient (Wildman–Crippen LogP) is 3.00. The second kappa shape index (κ2) is 4.93. The summed E-state index contributed by atoms with van der Waals surface area (Å²) in [5.41, 5.74) is 2.39. The zero-order chi connectivity index (χ0) is 14.1. The standard InChI is InChI=1S/C13H12N4O2S/c1-7-12(8(2)19-17-7)14-13(18)10-6-9(15-16-10)11-4-3-5-20-11/h3-6H,1-2H3,(H,14,18)(H,15,16). The van der Waals surface area contributed by atoms with E-state index >= 15 is 0 Å². The van der Waals surface area contributed by atoms with Crippen molar-refractivity contribution in [2.45, 2.75) is 13.8 Å². The van der Waals surface area contributed by atoms with Gasteiger partial charge in [0.1, 0.15) is 11.4 Å². The lowest BCUT2D eigenvalue weighted by Crippen LogP contribution is -2.13. The SMILES string of the molecule is Cc1noc(C)c1NC(=O)c1cc(-c2cccs2)[nH]n1. The monoisotopic (exact) mass is 288 g/mol. The van der Waals surface area contributed by atoms with Crippen molar-refractivity contribution < 1.29 is 9.32 Å². The molecule has 3 heterocycles. The molecule has 6 nitrogen and oxygen atoms in total. The first-order valence-corrected chi connectivity index (χ1v) is 6.86. The molecule has 0 radical (unpaired) electrons. The molecule has 3 aromatic rings. The largest absolute Gasteiger partial charge is 0.359 e. The number of rotatable bonds is 3. The molecule has 0 aliphatic rings. The topological polar surface area (TPSA) is 83.8 Å². The van der Waals surface area contributed by atoms with Gasteiger partial charge in [-0.05, 0) is 31.4 Å². The van der Waals surface area contributed by atoms with Gasteiger partial charge in [0.2, 0.25) is 0 Å². The first kappa shape index (κ1) is 12.6. The van der Waals surface area contributed by atoms with Crippen molar-refractivity contribution in [2.24, 2.45) is 0 Å². The first-order valence-electron chi connectivity index (χ1n) is 5.98. The molecule has 0 aliphatic carbocycles. The predicted molar refractivity (Wildman–Crippen MR) is 75.8 cm³/mol. The molecule has 3 rings (SSSR count). The number of amides is 1. The molecule has 0 aromatic carbocycles. The summed E-state index contributed by atoms with van der Waals surface area (Å²) in [7, 11) is 0. The van der Waals surface area contributed by atoms with Gasteiger partial charge in [0.05, 0.1) is 10.6 Å². The number of anilines is 1. The van der Waals surface area contributed by atoms with Crippen LogP contribution in [-0.4, -0.2) is 21.3 Å². The molecule has 7 heteroatoms. The summed E-state index contributed by atoms with van der Waals surface area (Å²) in [6, 6.07) is 5.64. The molecule has 0 unspecified atom stereocenters. The second-order valence-corrected chi connectivity index (χ2v) is 5.25. The number of carbonyl (C=O) groups excluding carboxylic acids is 1. The van der Waals surface area contributed by atoms with Crippen LogP contribution in [0.1, 0.15) is 21.9 Å². The summed E-state index contributed by atoms with van der Waals surface area (Å²) in [4.78, 5) is 13.2. The van der Waals surface area contributed by atoms with Crippen molar-refractivity contribution in [1.29, 1.82) is 0 Å². The van der Waals surface area contributed by atoms with E-state index in [0.29, 0.717) is 22.8 Å². The van der Waals surface area contributed by atoms with E-state index in [1.54, 1.807) is 31.3 Å². The summed E-state index contributed by atoms with van der Waals surface area (Å²) < 4.78 is 5.00. The number of nitrogens with zero attached hydrogens (tertiary/aromatic N) is 2. The van der Waals surface area contributed by atoms with Gasteiger partial charge in [-0.25, -0.2) is 0 Å². The van der Waals surface area contributed by atoms with Crippen molar-refractivity contribution >= 4 is 22.9 Å². The maximum atomic E-state index is 12.1. The van der Waals surface area contributed by atoms with Crippen LogP contribution in [0.4, 0.5) is 5.69 Å². The average Bonchev–Trinajstić information content (AvgIpc) is 3.14. The lowest BCUT2D eigenvalue weighted by molar-refractivity contribution is 0.102. The van der Waals surface area contributed by atoms with Crippen LogP contribution in [-0.2, 0) is 0 Å². The van der Waals surface area contributed by atoms with Crippen LogP contribution in [0.5, 0.6) is 0 Å².